The molecule has 0 heterocycles. The van der Waals surface area contributed by atoms with Gasteiger partial charge in [0.2, 0.25) is 0 Å². The fourth-order valence-corrected chi connectivity index (χ4v) is 3.27. The van der Waals surface area contributed by atoms with Crippen molar-refractivity contribution < 1.29 is 28.6 Å². The second-order valence-electron chi connectivity index (χ2n) is 8.34. The maximum absolute atomic E-state index is 13.0. The van der Waals surface area contributed by atoms with Crippen LogP contribution in [0.2, 0.25) is 0 Å². The Morgan fingerprint density at radius 2 is 1.62 bits per heavy atom. The summed E-state index contributed by atoms with van der Waals surface area (Å²) in [4.78, 5) is 37.4. The molecule has 0 unspecified atom stereocenters. The Bertz CT molecular complexity index is 1010. The summed E-state index contributed by atoms with van der Waals surface area (Å²) in [6, 6.07) is 12.0. The van der Waals surface area contributed by atoms with Crippen molar-refractivity contribution in [3.8, 4) is 0 Å². The minimum Gasteiger partial charge on any atom is -0.444 e. The minimum atomic E-state index is -0.587. The van der Waals surface area contributed by atoms with Gasteiger partial charge in [-0.2, -0.15) is 0 Å². The molecule has 1 aliphatic carbocycles. The summed E-state index contributed by atoms with van der Waals surface area (Å²) in [6.45, 7) is 7.66. The third-order valence-corrected chi connectivity index (χ3v) is 4.64. The highest BCUT2D eigenvalue weighted by atomic mass is 16.7. The molecule has 8 heteroatoms. The maximum atomic E-state index is 13.0. The number of ketones is 2. The first-order chi connectivity index (χ1) is 15.2. The van der Waals surface area contributed by atoms with E-state index in [2.05, 4.69) is 10.6 Å². The second kappa shape index (κ2) is 9.93. The molecule has 2 aromatic carbocycles. The van der Waals surface area contributed by atoms with E-state index in [0.29, 0.717) is 41.1 Å². The molecule has 1 aliphatic rings. The molecule has 0 fully saturated rings. The highest BCUT2D eigenvalue weighted by Gasteiger charge is 2.31. The van der Waals surface area contributed by atoms with Crippen molar-refractivity contribution in [2.75, 3.05) is 25.3 Å². The van der Waals surface area contributed by atoms with Crippen LogP contribution in [-0.4, -0.2) is 49.4 Å². The van der Waals surface area contributed by atoms with E-state index < -0.39 is 17.9 Å². The third kappa shape index (κ3) is 5.72. The van der Waals surface area contributed by atoms with Crippen LogP contribution in [0.1, 0.15) is 59.5 Å². The number of rotatable bonds is 8. The average Bonchev–Trinajstić information content (AvgIpc) is 2.72. The Balaban J connectivity index is 1.47. The van der Waals surface area contributed by atoms with Crippen molar-refractivity contribution in [1.29, 1.82) is 0 Å². The highest BCUT2D eigenvalue weighted by Crippen LogP contribution is 2.31. The van der Waals surface area contributed by atoms with Crippen molar-refractivity contribution in [3.63, 3.8) is 0 Å². The lowest BCUT2D eigenvalue weighted by Gasteiger charge is -2.22. The minimum absolute atomic E-state index is 0.0314. The number of hydrogen-bond donors (Lipinski definition) is 2. The standard InChI is InChI=1S/C24H28N2O6/c1-15(26-23(29)32-24(2,3)4)31-14-30-13-12-25-19-11-7-10-18-20(19)22(28)17-9-6-5-8-16(17)21(18)27/h5-11,15,25H,12-14H2,1-4H3,(H,26,29)/t15-/m0/s1. The molecule has 1 atom stereocenters. The van der Waals surface area contributed by atoms with Crippen LogP contribution in [0.5, 0.6) is 0 Å². The lowest BCUT2D eigenvalue weighted by atomic mass is 9.83. The van der Waals surface area contributed by atoms with Gasteiger partial charge in [0.25, 0.3) is 0 Å². The van der Waals surface area contributed by atoms with E-state index in [1.54, 1.807) is 70.2 Å². The number of nitrogens with one attached hydrogen (secondary N) is 2. The van der Waals surface area contributed by atoms with Crippen LogP contribution >= 0.6 is 0 Å². The Morgan fingerprint density at radius 1 is 0.969 bits per heavy atom. The fourth-order valence-electron chi connectivity index (χ4n) is 3.27. The van der Waals surface area contributed by atoms with E-state index in [0.717, 1.165) is 0 Å². The lowest BCUT2D eigenvalue weighted by molar-refractivity contribution is -0.0906. The number of hydrogen-bond acceptors (Lipinski definition) is 7. The quantitative estimate of drug-likeness (QED) is 0.406. The summed E-state index contributed by atoms with van der Waals surface area (Å²) in [5, 5.41) is 5.71. The van der Waals surface area contributed by atoms with Gasteiger partial charge in [-0.3, -0.25) is 14.9 Å². The van der Waals surface area contributed by atoms with Crippen molar-refractivity contribution in [1.82, 2.24) is 5.32 Å². The maximum Gasteiger partial charge on any atom is 0.409 e. The molecule has 1 amide bonds. The van der Waals surface area contributed by atoms with Gasteiger partial charge in [-0.15, -0.1) is 0 Å². The van der Waals surface area contributed by atoms with Crippen molar-refractivity contribution in [3.05, 3.63) is 64.7 Å². The number of carbonyl (C=O) groups is 3. The summed E-state index contributed by atoms with van der Waals surface area (Å²) in [7, 11) is 0. The molecule has 2 aromatic rings. The predicted molar refractivity (Wildman–Crippen MR) is 119 cm³/mol. The van der Waals surface area contributed by atoms with E-state index in [9.17, 15) is 14.4 Å². The molecule has 32 heavy (non-hydrogen) atoms. The third-order valence-electron chi connectivity index (χ3n) is 4.64. The average molecular weight is 440 g/mol. The summed E-state index contributed by atoms with van der Waals surface area (Å²) in [6.07, 6.45) is -1.15. The number of amides is 1. The number of benzene rings is 2. The SMILES string of the molecule is C[C@@H](NC(=O)OC(C)(C)C)OCOCCNc1cccc2c1C(=O)c1ccccc1C2=O. The lowest BCUT2D eigenvalue weighted by Crippen LogP contribution is -2.39. The van der Waals surface area contributed by atoms with Gasteiger partial charge in [0.15, 0.2) is 11.6 Å². The first-order valence-electron chi connectivity index (χ1n) is 10.4. The molecule has 0 aliphatic heterocycles. The molecule has 0 radical (unpaired) electrons. The molecule has 0 saturated heterocycles. The summed E-state index contributed by atoms with van der Waals surface area (Å²) < 4.78 is 16.0. The molecule has 0 saturated carbocycles. The van der Waals surface area contributed by atoms with Gasteiger partial charge in [-0.05, 0) is 33.8 Å². The van der Waals surface area contributed by atoms with Crippen LogP contribution in [0.15, 0.2) is 42.5 Å². The monoisotopic (exact) mass is 440 g/mol. The van der Waals surface area contributed by atoms with Gasteiger partial charge in [-0.1, -0.05) is 36.4 Å². The normalized spacial score (nSPS) is 13.8. The molecule has 3 rings (SSSR count). The van der Waals surface area contributed by atoms with Gasteiger partial charge >= 0.3 is 6.09 Å². The van der Waals surface area contributed by atoms with E-state index in [1.807, 2.05) is 0 Å². The smallest absolute Gasteiger partial charge is 0.409 e. The van der Waals surface area contributed by atoms with Gasteiger partial charge in [-0.25, -0.2) is 4.79 Å². The van der Waals surface area contributed by atoms with E-state index >= 15 is 0 Å². The van der Waals surface area contributed by atoms with Gasteiger partial charge in [0.1, 0.15) is 18.6 Å². The highest BCUT2D eigenvalue weighted by molar-refractivity contribution is 6.30. The number of alkyl carbamates (subject to hydrolysis) is 1. The predicted octanol–water partition coefficient (Wildman–Crippen LogP) is 3.74. The molecule has 2 N–H and O–H groups in total. The Labute approximate surface area is 187 Å². The first-order valence-corrected chi connectivity index (χ1v) is 10.4. The molecule has 0 aromatic heterocycles. The van der Waals surface area contributed by atoms with Crippen LogP contribution in [0.4, 0.5) is 10.5 Å². The summed E-state index contributed by atoms with van der Waals surface area (Å²) in [5.41, 5.74) is 1.61. The van der Waals surface area contributed by atoms with Crippen LogP contribution < -0.4 is 10.6 Å². The topological polar surface area (TPSA) is 103 Å². The molecule has 170 valence electrons. The van der Waals surface area contributed by atoms with Crippen LogP contribution in [0.25, 0.3) is 0 Å². The van der Waals surface area contributed by atoms with Crippen LogP contribution in [0.3, 0.4) is 0 Å². The molecule has 8 nitrogen and oxygen atoms in total. The van der Waals surface area contributed by atoms with Gasteiger partial charge < -0.3 is 19.5 Å². The van der Waals surface area contributed by atoms with E-state index in [4.69, 9.17) is 14.2 Å². The van der Waals surface area contributed by atoms with Crippen LogP contribution in [-0.2, 0) is 14.2 Å². The van der Waals surface area contributed by atoms with Crippen molar-refractivity contribution in [2.24, 2.45) is 0 Å². The number of anilines is 1. The van der Waals surface area contributed by atoms with E-state index in [-0.39, 0.29) is 18.4 Å². The second-order valence-corrected chi connectivity index (χ2v) is 8.34. The molecule has 0 spiro atoms. The van der Waals surface area contributed by atoms with Crippen molar-refractivity contribution in [2.45, 2.75) is 39.5 Å². The van der Waals surface area contributed by atoms with E-state index in [1.165, 1.54) is 0 Å². The largest absolute Gasteiger partial charge is 0.444 e. The Morgan fingerprint density at radius 3 is 2.31 bits per heavy atom. The van der Waals surface area contributed by atoms with Crippen molar-refractivity contribution >= 4 is 23.3 Å². The van der Waals surface area contributed by atoms with Gasteiger partial charge in [0, 0.05) is 28.9 Å². The molecular weight excluding hydrogens is 412 g/mol. The Kier molecular flexibility index (Phi) is 7.27. The number of carbonyl (C=O) groups excluding carboxylic acids is 3. The molecule has 0 bridgehead atoms. The van der Waals surface area contributed by atoms with Crippen LogP contribution in [0, 0.1) is 0 Å². The summed E-state index contributed by atoms with van der Waals surface area (Å²) >= 11 is 0. The zero-order valence-corrected chi connectivity index (χ0v) is 18.7. The number of ether oxygens (including phenoxy) is 3. The summed E-state index contributed by atoms with van der Waals surface area (Å²) in [5.74, 6) is -0.334. The first kappa shape index (κ1) is 23.4. The number of fused-ring (bicyclic) bond motifs is 2. The fraction of sp³-hybridized carbons (Fsp3) is 0.375. The zero-order valence-electron chi connectivity index (χ0n) is 18.7. The van der Waals surface area contributed by atoms with Gasteiger partial charge in [0.05, 0.1) is 12.2 Å². The molecular formula is C24H28N2O6. The Hall–Kier alpha value is -3.23. The zero-order chi connectivity index (χ0) is 23.3.